The average molecular weight is 399 g/mol. The van der Waals surface area contributed by atoms with Crippen molar-refractivity contribution in [3.05, 3.63) is 42.0 Å². The molecule has 1 aromatic rings. The van der Waals surface area contributed by atoms with Crippen LogP contribution in [0.25, 0.3) is 6.08 Å². The Hall–Kier alpha value is -1.71. The van der Waals surface area contributed by atoms with Crippen LogP contribution in [0.1, 0.15) is 12.0 Å². The normalized spacial score (nSPS) is 24.2. The van der Waals surface area contributed by atoms with Gasteiger partial charge in [-0.2, -0.15) is 4.31 Å². The van der Waals surface area contributed by atoms with Gasteiger partial charge in [-0.25, -0.2) is 16.8 Å². The van der Waals surface area contributed by atoms with Crippen molar-refractivity contribution in [1.29, 1.82) is 0 Å². The Kier molecular flexibility index (Phi) is 5.50. The first-order valence-electron chi connectivity index (χ1n) is 8.49. The first-order chi connectivity index (χ1) is 12.3. The van der Waals surface area contributed by atoms with Gasteiger partial charge in [0.25, 0.3) is 0 Å². The minimum absolute atomic E-state index is 0.0698. The minimum atomic E-state index is -3.64. The summed E-state index contributed by atoms with van der Waals surface area (Å²) in [7, 11) is -6.89. The summed E-state index contributed by atoms with van der Waals surface area (Å²) in [6, 6.07) is 9.45. The number of sulfonamides is 1. The Bertz CT molecular complexity index is 886. The lowest BCUT2D eigenvalue weighted by Crippen LogP contribution is -2.52. The third kappa shape index (κ3) is 4.33. The molecular formula is C17H22N2O5S2. The van der Waals surface area contributed by atoms with Crippen molar-refractivity contribution in [2.75, 3.05) is 37.7 Å². The Morgan fingerprint density at radius 3 is 2.31 bits per heavy atom. The second-order valence-electron chi connectivity index (χ2n) is 6.54. The molecule has 0 radical (unpaired) electrons. The summed E-state index contributed by atoms with van der Waals surface area (Å²) >= 11 is 0. The number of carbonyl (C=O) groups is 1. The van der Waals surface area contributed by atoms with Gasteiger partial charge in [0.1, 0.15) is 0 Å². The van der Waals surface area contributed by atoms with Crippen molar-refractivity contribution >= 4 is 31.8 Å². The van der Waals surface area contributed by atoms with Crippen LogP contribution in [0, 0.1) is 0 Å². The maximum absolute atomic E-state index is 12.6. The Labute approximate surface area is 154 Å². The van der Waals surface area contributed by atoms with E-state index in [4.69, 9.17) is 0 Å². The smallest absolute Gasteiger partial charge is 0.246 e. The summed E-state index contributed by atoms with van der Waals surface area (Å²) in [5.41, 5.74) is 0.921. The van der Waals surface area contributed by atoms with Crippen molar-refractivity contribution in [2.45, 2.75) is 11.7 Å². The number of nitrogens with zero attached hydrogens (tertiary/aromatic N) is 2. The fourth-order valence-electron chi connectivity index (χ4n) is 3.21. The van der Waals surface area contributed by atoms with E-state index in [1.807, 2.05) is 30.3 Å². The molecule has 1 unspecified atom stereocenters. The lowest BCUT2D eigenvalue weighted by Gasteiger charge is -2.34. The average Bonchev–Trinajstić information content (AvgIpc) is 3.01. The molecule has 1 atom stereocenters. The molecule has 142 valence electrons. The van der Waals surface area contributed by atoms with Crippen molar-refractivity contribution in [3.63, 3.8) is 0 Å². The lowest BCUT2D eigenvalue weighted by molar-refractivity contribution is -0.127. The van der Waals surface area contributed by atoms with Crippen LogP contribution >= 0.6 is 0 Å². The molecule has 2 aliphatic rings. The monoisotopic (exact) mass is 398 g/mol. The summed E-state index contributed by atoms with van der Waals surface area (Å²) in [6.45, 7) is 1.00. The zero-order valence-electron chi connectivity index (χ0n) is 14.3. The molecule has 2 heterocycles. The van der Waals surface area contributed by atoms with Gasteiger partial charge >= 0.3 is 0 Å². The van der Waals surface area contributed by atoms with Crippen LogP contribution in [0.4, 0.5) is 0 Å². The van der Waals surface area contributed by atoms with E-state index in [1.54, 1.807) is 11.0 Å². The largest absolute Gasteiger partial charge is 0.337 e. The number of benzene rings is 1. The molecule has 0 N–H and O–H groups in total. The van der Waals surface area contributed by atoms with E-state index in [1.165, 1.54) is 10.4 Å². The Balaban J connectivity index is 1.57. The van der Waals surface area contributed by atoms with Crippen molar-refractivity contribution < 1.29 is 21.6 Å². The Morgan fingerprint density at radius 1 is 1.08 bits per heavy atom. The number of amides is 1. The van der Waals surface area contributed by atoms with Gasteiger partial charge in [-0.15, -0.1) is 0 Å². The number of sulfone groups is 1. The molecule has 3 rings (SSSR count). The van der Waals surface area contributed by atoms with E-state index in [0.29, 0.717) is 13.1 Å². The highest BCUT2D eigenvalue weighted by Gasteiger charge is 2.41. The van der Waals surface area contributed by atoms with Gasteiger partial charge < -0.3 is 4.90 Å². The third-order valence-electron chi connectivity index (χ3n) is 4.74. The molecular weight excluding hydrogens is 376 g/mol. The van der Waals surface area contributed by atoms with E-state index in [2.05, 4.69) is 0 Å². The van der Waals surface area contributed by atoms with E-state index < -0.39 is 25.1 Å². The molecule has 9 heteroatoms. The zero-order valence-corrected chi connectivity index (χ0v) is 16.0. The first kappa shape index (κ1) is 19.1. The molecule has 0 aliphatic carbocycles. The zero-order chi connectivity index (χ0) is 18.8. The first-order valence-corrected chi connectivity index (χ1v) is 11.8. The summed E-state index contributed by atoms with van der Waals surface area (Å²) in [4.78, 5) is 13.9. The van der Waals surface area contributed by atoms with Gasteiger partial charge in [0.2, 0.25) is 15.9 Å². The molecule has 2 aliphatic heterocycles. The highest BCUT2D eigenvalue weighted by atomic mass is 32.2. The number of hydrogen-bond donors (Lipinski definition) is 0. The van der Waals surface area contributed by atoms with Crippen molar-refractivity contribution in [3.8, 4) is 0 Å². The van der Waals surface area contributed by atoms with Crippen molar-refractivity contribution in [1.82, 2.24) is 9.21 Å². The van der Waals surface area contributed by atoms with Crippen LogP contribution in [-0.2, 0) is 24.7 Å². The van der Waals surface area contributed by atoms with Crippen LogP contribution < -0.4 is 0 Å². The van der Waals surface area contributed by atoms with Gasteiger partial charge in [-0.1, -0.05) is 30.3 Å². The predicted molar refractivity (Wildman–Crippen MR) is 99.6 cm³/mol. The molecule has 1 amide bonds. The van der Waals surface area contributed by atoms with Crippen molar-refractivity contribution in [2.24, 2.45) is 0 Å². The van der Waals surface area contributed by atoms with Gasteiger partial charge in [-0.3, -0.25) is 4.79 Å². The minimum Gasteiger partial charge on any atom is -0.337 e. The van der Waals surface area contributed by atoms with Gasteiger partial charge in [0.05, 0.1) is 16.8 Å². The van der Waals surface area contributed by atoms with Crippen LogP contribution in [0.3, 0.4) is 0 Å². The molecule has 26 heavy (non-hydrogen) atoms. The number of piperazine rings is 1. The van der Waals surface area contributed by atoms with Crippen LogP contribution in [0.15, 0.2) is 36.4 Å². The second-order valence-corrected chi connectivity index (χ2v) is 11.0. The van der Waals surface area contributed by atoms with Gasteiger partial charge in [0.15, 0.2) is 9.84 Å². The molecule has 0 spiro atoms. The highest BCUT2D eigenvalue weighted by molar-refractivity contribution is 7.95. The Morgan fingerprint density at radius 2 is 1.73 bits per heavy atom. The van der Waals surface area contributed by atoms with E-state index >= 15 is 0 Å². The van der Waals surface area contributed by atoms with Crippen LogP contribution in [-0.4, -0.2) is 74.9 Å². The quantitative estimate of drug-likeness (QED) is 0.683. The fraction of sp³-hybridized carbons (Fsp3) is 0.471. The topological polar surface area (TPSA) is 91.8 Å². The van der Waals surface area contributed by atoms with Crippen LogP contribution in [0.2, 0.25) is 0 Å². The fourth-order valence-corrected chi connectivity index (χ4v) is 7.72. The van der Waals surface area contributed by atoms with Gasteiger partial charge in [0, 0.05) is 32.3 Å². The van der Waals surface area contributed by atoms with E-state index in [0.717, 1.165) is 5.56 Å². The predicted octanol–water partition coefficient (Wildman–Crippen LogP) is 0.361. The third-order valence-corrected chi connectivity index (χ3v) is 9.05. The van der Waals surface area contributed by atoms with E-state index in [-0.39, 0.29) is 36.9 Å². The van der Waals surface area contributed by atoms with E-state index in [9.17, 15) is 21.6 Å². The molecule has 1 aromatic carbocycles. The second kappa shape index (κ2) is 7.50. The van der Waals surface area contributed by atoms with Gasteiger partial charge in [-0.05, 0) is 18.1 Å². The summed E-state index contributed by atoms with van der Waals surface area (Å²) < 4.78 is 49.7. The standard InChI is InChI=1S/C17H22N2O5S2/c20-17(7-6-15-4-2-1-3-5-15)18-9-11-19(12-10-18)26(23,24)16-8-13-25(21,22)14-16/h1-7,16H,8-14H2/b7-6+. The molecule has 0 bridgehead atoms. The summed E-state index contributed by atoms with van der Waals surface area (Å²) in [6.07, 6.45) is 3.38. The number of hydrogen-bond acceptors (Lipinski definition) is 5. The number of rotatable bonds is 4. The lowest BCUT2D eigenvalue weighted by atomic mass is 10.2. The summed E-state index contributed by atoms with van der Waals surface area (Å²) in [5.74, 6) is -0.525. The maximum Gasteiger partial charge on any atom is 0.246 e. The molecule has 2 fully saturated rings. The molecule has 0 saturated carbocycles. The highest BCUT2D eigenvalue weighted by Crippen LogP contribution is 2.23. The number of carbonyl (C=O) groups excluding carboxylic acids is 1. The maximum atomic E-state index is 12.6. The molecule has 7 nitrogen and oxygen atoms in total. The SMILES string of the molecule is O=C(/C=C/c1ccccc1)N1CCN(S(=O)(=O)C2CCS(=O)(=O)C2)CC1. The molecule has 0 aromatic heterocycles. The summed E-state index contributed by atoms with van der Waals surface area (Å²) in [5, 5.41) is -0.854. The molecule has 2 saturated heterocycles. The van der Waals surface area contributed by atoms with Crippen LogP contribution in [0.5, 0.6) is 0 Å².